The molecule has 0 amide bonds. The minimum atomic E-state index is -0.454. The van der Waals surface area contributed by atoms with E-state index in [1.165, 1.54) is 30.4 Å². The molecule has 0 atom stereocenters. The Hall–Kier alpha value is -2.23. The van der Waals surface area contributed by atoms with E-state index in [9.17, 15) is 4.79 Å². The monoisotopic (exact) mass is 382 g/mol. The van der Waals surface area contributed by atoms with Gasteiger partial charge in [0.25, 0.3) is 0 Å². The third-order valence-electron chi connectivity index (χ3n) is 5.29. The molecule has 4 heteroatoms. The third-order valence-corrected chi connectivity index (χ3v) is 5.29. The van der Waals surface area contributed by atoms with Crippen LogP contribution in [0.15, 0.2) is 41.3 Å². The van der Waals surface area contributed by atoms with Gasteiger partial charge in [-0.3, -0.25) is 0 Å². The van der Waals surface area contributed by atoms with Crippen LogP contribution in [0.5, 0.6) is 0 Å². The maximum absolute atomic E-state index is 11.9. The van der Waals surface area contributed by atoms with E-state index >= 15 is 0 Å². The molecule has 0 fully saturated rings. The Balaban J connectivity index is 2.00. The summed E-state index contributed by atoms with van der Waals surface area (Å²) in [5.41, 5.74) is 5.18. The lowest BCUT2D eigenvalue weighted by Crippen LogP contribution is -2.19. The molecule has 0 saturated carbocycles. The minimum Gasteiger partial charge on any atom is -0.460 e. The van der Waals surface area contributed by atoms with E-state index in [4.69, 9.17) is 4.74 Å². The van der Waals surface area contributed by atoms with Gasteiger partial charge in [0.1, 0.15) is 0 Å². The Bertz CT molecular complexity index is 755. The number of ether oxygens (including phenoxy) is 1. The number of esters is 1. The largest absolute Gasteiger partial charge is 0.460 e. The molecule has 4 nitrogen and oxygen atoms in total. The number of rotatable bonds is 8. The summed E-state index contributed by atoms with van der Waals surface area (Å²) < 4.78 is 5.19. The first-order valence-corrected chi connectivity index (χ1v) is 10.4. The number of aromatic nitrogens is 2. The van der Waals surface area contributed by atoms with Gasteiger partial charge in [0.2, 0.25) is 5.82 Å². The van der Waals surface area contributed by atoms with Crippen LogP contribution in [0.25, 0.3) is 6.08 Å². The van der Waals surface area contributed by atoms with Gasteiger partial charge >= 0.3 is 5.97 Å². The van der Waals surface area contributed by atoms with Gasteiger partial charge in [-0.25, -0.2) is 14.8 Å². The van der Waals surface area contributed by atoms with Crippen molar-refractivity contribution in [1.29, 1.82) is 0 Å². The molecular formula is C24H34N2O2. The van der Waals surface area contributed by atoms with E-state index in [0.29, 0.717) is 6.61 Å². The molecule has 28 heavy (non-hydrogen) atoms. The second kappa shape index (κ2) is 10.4. The molecule has 2 rings (SSSR count). The molecule has 0 unspecified atom stereocenters. The number of carbonyl (C=O) groups excluding carboxylic acids is 1. The highest BCUT2D eigenvalue weighted by Crippen LogP contribution is 2.40. The molecule has 0 aromatic carbocycles. The summed E-state index contributed by atoms with van der Waals surface area (Å²) in [6.45, 7) is 11.5. The molecule has 0 bridgehead atoms. The van der Waals surface area contributed by atoms with Gasteiger partial charge in [0.05, 0.1) is 6.61 Å². The molecule has 0 aliphatic heterocycles. The predicted molar refractivity (Wildman–Crippen MR) is 115 cm³/mol. The predicted octanol–water partition coefficient (Wildman–Crippen LogP) is 6.31. The van der Waals surface area contributed by atoms with E-state index in [2.05, 4.69) is 56.7 Å². The fourth-order valence-electron chi connectivity index (χ4n) is 3.64. The van der Waals surface area contributed by atoms with E-state index in [1.807, 2.05) is 6.08 Å². The van der Waals surface area contributed by atoms with Gasteiger partial charge in [-0.15, -0.1) is 0 Å². The zero-order valence-corrected chi connectivity index (χ0v) is 18.0. The van der Waals surface area contributed by atoms with Crippen LogP contribution in [0.2, 0.25) is 0 Å². The average Bonchev–Trinajstić information content (AvgIpc) is 2.64. The highest BCUT2D eigenvalue weighted by atomic mass is 16.5. The second-order valence-electron chi connectivity index (χ2n) is 8.34. The summed E-state index contributed by atoms with van der Waals surface area (Å²) >= 11 is 0. The van der Waals surface area contributed by atoms with Crippen LogP contribution < -0.4 is 0 Å². The quantitative estimate of drug-likeness (QED) is 0.300. The SMILES string of the molecule is CCCCCOC(=O)c1ncc(/C=C(C)/C=C/C2=C(C)CCCC2(C)C)cn1. The Morgan fingerprint density at radius 2 is 1.96 bits per heavy atom. The van der Waals surface area contributed by atoms with Crippen molar-refractivity contribution in [3.8, 4) is 0 Å². The summed E-state index contributed by atoms with van der Waals surface area (Å²) in [6.07, 6.45) is 16.5. The molecular weight excluding hydrogens is 348 g/mol. The summed E-state index contributed by atoms with van der Waals surface area (Å²) in [5.74, 6) is -0.336. The zero-order valence-electron chi connectivity index (χ0n) is 18.0. The number of unbranched alkanes of at least 4 members (excludes halogenated alkanes) is 2. The number of allylic oxidation sites excluding steroid dienone is 5. The summed E-state index contributed by atoms with van der Waals surface area (Å²) in [4.78, 5) is 20.2. The van der Waals surface area contributed by atoms with Crippen LogP contribution >= 0.6 is 0 Å². The van der Waals surface area contributed by atoms with Gasteiger partial charge in [-0.05, 0) is 56.6 Å². The van der Waals surface area contributed by atoms with Crippen molar-refractivity contribution in [2.45, 2.75) is 73.1 Å². The Morgan fingerprint density at radius 3 is 2.61 bits per heavy atom. The molecule has 1 aromatic heterocycles. The van der Waals surface area contributed by atoms with Crippen LogP contribution in [0.1, 0.15) is 89.3 Å². The van der Waals surface area contributed by atoms with Crippen LogP contribution in [0.3, 0.4) is 0 Å². The molecule has 1 aliphatic rings. The average molecular weight is 383 g/mol. The number of carbonyl (C=O) groups is 1. The number of hydrogen-bond acceptors (Lipinski definition) is 4. The van der Waals surface area contributed by atoms with Gasteiger partial charge in [-0.1, -0.05) is 56.9 Å². The van der Waals surface area contributed by atoms with Crippen molar-refractivity contribution in [1.82, 2.24) is 9.97 Å². The number of hydrogen-bond donors (Lipinski definition) is 0. The molecule has 0 N–H and O–H groups in total. The topological polar surface area (TPSA) is 52.1 Å². The first-order valence-electron chi connectivity index (χ1n) is 10.4. The van der Waals surface area contributed by atoms with Crippen molar-refractivity contribution >= 4 is 12.0 Å². The molecule has 1 heterocycles. The Morgan fingerprint density at radius 1 is 1.25 bits per heavy atom. The van der Waals surface area contributed by atoms with Gasteiger partial charge in [0, 0.05) is 18.0 Å². The fraction of sp³-hybridized carbons (Fsp3) is 0.542. The van der Waals surface area contributed by atoms with E-state index < -0.39 is 5.97 Å². The maximum Gasteiger partial charge on any atom is 0.376 e. The lowest BCUT2D eigenvalue weighted by atomic mass is 9.72. The normalized spacial score (nSPS) is 17.2. The van der Waals surface area contributed by atoms with Gasteiger partial charge in [0.15, 0.2) is 0 Å². The molecule has 0 saturated heterocycles. The van der Waals surface area contributed by atoms with Gasteiger partial charge < -0.3 is 4.74 Å². The van der Waals surface area contributed by atoms with Crippen molar-refractivity contribution < 1.29 is 9.53 Å². The summed E-state index contributed by atoms with van der Waals surface area (Å²) in [7, 11) is 0. The first-order chi connectivity index (χ1) is 13.3. The third kappa shape index (κ3) is 6.43. The lowest BCUT2D eigenvalue weighted by Gasteiger charge is -2.32. The maximum atomic E-state index is 11.9. The minimum absolute atomic E-state index is 0.117. The van der Waals surface area contributed by atoms with Crippen LogP contribution in [-0.4, -0.2) is 22.5 Å². The summed E-state index contributed by atoms with van der Waals surface area (Å²) in [5, 5.41) is 0. The lowest BCUT2D eigenvalue weighted by molar-refractivity contribution is 0.0483. The molecule has 1 aromatic rings. The summed E-state index contributed by atoms with van der Waals surface area (Å²) in [6, 6.07) is 0. The molecule has 152 valence electrons. The fourth-order valence-corrected chi connectivity index (χ4v) is 3.64. The van der Waals surface area contributed by atoms with E-state index in [1.54, 1.807) is 12.4 Å². The number of nitrogens with zero attached hydrogens (tertiary/aromatic N) is 2. The Kier molecular flexibility index (Phi) is 8.16. The Labute approximate surface area is 169 Å². The van der Waals surface area contributed by atoms with Crippen molar-refractivity contribution in [2.75, 3.05) is 6.61 Å². The molecule has 0 radical (unpaired) electrons. The zero-order chi connectivity index (χ0) is 20.6. The van der Waals surface area contributed by atoms with Crippen LogP contribution in [-0.2, 0) is 4.74 Å². The van der Waals surface area contributed by atoms with Crippen molar-refractivity contribution in [2.24, 2.45) is 5.41 Å². The van der Waals surface area contributed by atoms with Crippen LogP contribution in [0, 0.1) is 5.41 Å². The van der Waals surface area contributed by atoms with Gasteiger partial charge in [-0.2, -0.15) is 0 Å². The smallest absolute Gasteiger partial charge is 0.376 e. The van der Waals surface area contributed by atoms with Crippen molar-refractivity contribution in [3.05, 3.63) is 52.7 Å². The van der Waals surface area contributed by atoms with E-state index in [0.717, 1.165) is 30.4 Å². The molecule has 0 spiro atoms. The standard InChI is InChI=1S/C24H34N2O2/c1-6-7-8-14-28-23(27)22-25-16-20(17-26-22)15-18(2)11-12-21-19(3)10-9-13-24(21,4)5/h11-12,15-17H,6-10,13-14H2,1-5H3/b12-11+,18-15+. The highest BCUT2D eigenvalue weighted by Gasteiger charge is 2.26. The first kappa shape index (κ1) is 22.1. The molecule has 1 aliphatic carbocycles. The van der Waals surface area contributed by atoms with Crippen LogP contribution in [0.4, 0.5) is 0 Å². The highest BCUT2D eigenvalue weighted by molar-refractivity contribution is 5.85. The van der Waals surface area contributed by atoms with Crippen molar-refractivity contribution in [3.63, 3.8) is 0 Å². The second-order valence-corrected chi connectivity index (χ2v) is 8.34. The van der Waals surface area contributed by atoms with E-state index in [-0.39, 0.29) is 11.2 Å².